The number of nitrogens with zero attached hydrogens (tertiary/aromatic N) is 2. The van der Waals surface area contributed by atoms with Gasteiger partial charge in [-0.25, -0.2) is 0 Å². The Morgan fingerprint density at radius 2 is 2.00 bits per heavy atom. The van der Waals surface area contributed by atoms with E-state index >= 15 is 0 Å². The Balaban J connectivity index is 1.80. The van der Waals surface area contributed by atoms with E-state index in [0.717, 1.165) is 32.6 Å². The minimum atomic E-state index is 0.670. The Hall–Kier alpha value is -1.35. The molecule has 0 atom stereocenters. The van der Waals surface area contributed by atoms with Crippen molar-refractivity contribution in [2.45, 2.75) is 26.3 Å². The van der Waals surface area contributed by atoms with Crippen molar-refractivity contribution in [1.82, 2.24) is 9.80 Å². The molecule has 104 valence electrons. The lowest BCUT2D eigenvalue weighted by atomic mass is 9.96. The van der Waals surface area contributed by atoms with E-state index in [4.69, 9.17) is 0 Å². The second kappa shape index (κ2) is 6.71. The van der Waals surface area contributed by atoms with E-state index in [1.807, 2.05) is 7.05 Å². The van der Waals surface area contributed by atoms with Crippen molar-refractivity contribution in [3.63, 3.8) is 0 Å². The molecule has 0 N–H and O–H groups in total. The summed E-state index contributed by atoms with van der Waals surface area (Å²) in [6.45, 7) is 6.43. The highest BCUT2D eigenvalue weighted by molar-refractivity contribution is 5.46. The Morgan fingerprint density at radius 1 is 1.32 bits per heavy atom. The van der Waals surface area contributed by atoms with Crippen LogP contribution in [0.4, 0.5) is 0 Å². The molecule has 2 rings (SSSR count). The van der Waals surface area contributed by atoms with Gasteiger partial charge in [0, 0.05) is 20.1 Å². The first-order valence-corrected chi connectivity index (χ1v) is 7.11. The summed E-state index contributed by atoms with van der Waals surface area (Å²) >= 11 is 0. The van der Waals surface area contributed by atoms with Gasteiger partial charge < -0.3 is 4.90 Å². The molecule has 1 amide bonds. The Kier molecular flexibility index (Phi) is 4.97. The molecule has 1 saturated heterocycles. The number of rotatable bonds is 5. The molecule has 1 aliphatic rings. The van der Waals surface area contributed by atoms with Gasteiger partial charge in [-0.05, 0) is 49.9 Å². The van der Waals surface area contributed by atoms with Gasteiger partial charge in [-0.1, -0.05) is 24.3 Å². The summed E-state index contributed by atoms with van der Waals surface area (Å²) in [4.78, 5) is 14.9. The summed E-state index contributed by atoms with van der Waals surface area (Å²) < 4.78 is 0. The maximum Gasteiger partial charge on any atom is 0.209 e. The zero-order valence-electron chi connectivity index (χ0n) is 12.0. The van der Waals surface area contributed by atoms with Crippen LogP contribution in [0.5, 0.6) is 0 Å². The van der Waals surface area contributed by atoms with E-state index < -0.39 is 0 Å². The first-order valence-electron chi connectivity index (χ1n) is 7.11. The number of piperidine rings is 1. The minimum absolute atomic E-state index is 0.670. The SMILES string of the molecule is Cc1ccccc1CN1CCC(CN(C)C=O)CC1. The topological polar surface area (TPSA) is 23.6 Å². The van der Waals surface area contributed by atoms with Crippen LogP contribution in [0.15, 0.2) is 24.3 Å². The third-order valence-corrected chi connectivity index (χ3v) is 4.09. The Bertz CT molecular complexity index is 411. The van der Waals surface area contributed by atoms with Gasteiger partial charge in [0.25, 0.3) is 0 Å². The third kappa shape index (κ3) is 4.06. The van der Waals surface area contributed by atoms with E-state index in [1.165, 1.54) is 24.0 Å². The van der Waals surface area contributed by atoms with Crippen LogP contribution in [0.2, 0.25) is 0 Å². The first kappa shape index (κ1) is 14.1. The monoisotopic (exact) mass is 260 g/mol. The normalized spacial score (nSPS) is 17.4. The van der Waals surface area contributed by atoms with E-state index in [2.05, 4.69) is 36.1 Å². The molecular formula is C16H24N2O. The summed E-state index contributed by atoms with van der Waals surface area (Å²) in [7, 11) is 1.87. The van der Waals surface area contributed by atoms with Crippen molar-refractivity contribution in [1.29, 1.82) is 0 Å². The lowest BCUT2D eigenvalue weighted by molar-refractivity contribution is -0.117. The minimum Gasteiger partial charge on any atom is -0.348 e. The Morgan fingerprint density at radius 3 is 2.63 bits per heavy atom. The van der Waals surface area contributed by atoms with Gasteiger partial charge in [0.05, 0.1) is 0 Å². The fraction of sp³-hybridized carbons (Fsp3) is 0.562. The largest absolute Gasteiger partial charge is 0.348 e. The van der Waals surface area contributed by atoms with Crippen LogP contribution in [0.3, 0.4) is 0 Å². The summed E-state index contributed by atoms with van der Waals surface area (Å²) in [5.41, 5.74) is 2.82. The zero-order chi connectivity index (χ0) is 13.7. The molecule has 3 nitrogen and oxygen atoms in total. The molecule has 1 heterocycles. The van der Waals surface area contributed by atoms with Crippen molar-refractivity contribution >= 4 is 6.41 Å². The molecule has 0 aliphatic carbocycles. The van der Waals surface area contributed by atoms with Crippen LogP contribution in [-0.4, -0.2) is 42.9 Å². The molecule has 0 bridgehead atoms. The second-order valence-corrected chi connectivity index (χ2v) is 5.69. The molecule has 3 heteroatoms. The standard InChI is InChI=1S/C16H24N2O/c1-14-5-3-4-6-16(14)12-18-9-7-15(8-10-18)11-17(2)13-19/h3-6,13,15H,7-12H2,1-2H3. The van der Waals surface area contributed by atoms with Crippen molar-refractivity contribution in [2.75, 3.05) is 26.7 Å². The molecule has 0 unspecified atom stereocenters. The van der Waals surface area contributed by atoms with Crippen molar-refractivity contribution in [3.8, 4) is 0 Å². The summed E-state index contributed by atoms with van der Waals surface area (Å²) in [5, 5.41) is 0. The van der Waals surface area contributed by atoms with Crippen LogP contribution in [0.25, 0.3) is 0 Å². The molecule has 0 radical (unpaired) electrons. The number of hydrogen-bond acceptors (Lipinski definition) is 2. The molecule has 1 fully saturated rings. The highest BCUT2D eigenvalue weighted by Crippen LogP contribution is 2.20. The Labute approximate surface area is 116 Å². The van der Waals surface area contributed by atoms with Gasteiger partial charge >= 0.3 is 0 Å². The fourth-order valence-electron chi connectivity index (χ4n) is 2.81. The van der Waals surface area contributed by atoms with Crippen molar-refractivity contribution in [3.05, 3.63) is 35.4 Å². The number of carbonyl (C=O) groups is 1. The molecular weight excluding hydrogens is 236 g/mol. The van der Waals surface area contributed by atoms with Crippen LogP contribution < -0.4 is 0 Å². The third-order valence-electron chi connectivity index (χ3n) is 4.09. The number of carbonyl (C=O) groups excluding carboxylic acids is 1. The number of benzene rings is 1. The smallest absolute Gasteiger partial charge is 0.209 e. The first-order chi connectivity index (χ1) is 9.19. The highest BCUT2D eigenvalue weighted by Gasteiger charge is 2.20. The van der Waals surface area contributed by atoms with Crippen LogP contribution in [0, 0.1) is 12.8 Å². The summed E-state index contributed by atoms with van der Waals surface area (Å²) in [5.74, 6) is 0.670. The van der Waals surface area contributed by atoms with Crippen LogP contribution >= 0.6 is 0 Å². The van der Waals surface area contributed by atoms with Gasteiger partial charge in [-0.3, -0.25) is 9.69 Å². The average molecular weight is 260 g/mol. The molecule has 0 saturated carbocycles. The second-order valence-electron chi connectivity index (χ2n) is 5.69. The number of aryl methyl sites for hydroxylation is 1. The van der Waals surface area contributed by atoms with Crippen molar-refractivity contribution < 1.29 is 4.79 Å². The van der Waals surface area contributed by atoms with E-state index in [1.54, 1.807) is 4.90 Å². The predicted octanol–water partition coefficient (Wildman–Crippen LogP) is 2.30. The maximum absolute atomic E-state index is 10.6. The van der Waals surface area contributed by atoms with E-state index in [0.29, 0.717) is 5.92 Å². The van der Waals surface area contributed by atoms with E-state index in [9.17, 15) is 4.79 Å². The predicted molar refractivity (Wildman–Crippen MR) is 77.9 cm³/mol. The number of likely N-dealkylation sites (tertiary alicyclic amines) is 1. The molecule has 1 aromatic rings. The van der Waals surface area contributed by atoms with Gasteiger partial charge in [-0.15, -0.1) is 0 Å². The lowest BCUT2D eigenvalue weighted by Gasteiger charge is -2.33. The number of amides is 1. The van der Waals surface area contributed by atoms with Gasteiger partial charge in [0.1, 0.15) is 0 Å². The van der Waals surface area contributed by atoms with Crippen molar-refractivity contribution in [2.24, 2.45) is 5.92 Å². The summed E-state index contributed by atoms with van der Waals surface area (Å²) in [6.07, 6.45) is 3.33. The molecule has 1 aliphatic heterocycles. The van der Waals surface area contributed by atoms with Gasteiger partial charge in [0.2, 0.25) is 6.41 Å². The van der Waals surface area contributed by atoms with Crippen LogP contribution in [0.1, 0.15) is 24.0 Å². The van der Waals surface area contributed by atoms with Gasteiger partial charge in [-0.2, -0.15) is 0 Å². The van der Waals surface area contributed by atoms with Crippen LogP contribution in [-0.2, 0) is 11.3 Å². The fourth-order valence-corrected chi connectivity index (χ4v) is 2.81. The zero-order valence-corrected chi connectivity index (χ0v) is 12.0. The molecule has 0 aromatic heterocycles. The molecule has 0 spiro atoms. The lowest BCUT2D eigenvalue weighted by Crippen LogP contribution is -2.37. The molecule has 1 aromatic carbocycles. The highest BCUT2D eigenvalue weighted by atomic mass is 16.1. The average Bonchev–Trinajstić information content (AvgIpc) is 2.43. The maximum atomic E-state index is 10.6. The van der Waals surface area contributed by atoms with E-state index in [-0.39, 0.29) is 0 Å². The molecule has 19 heavy (non-hydrogen) atoms. The number of hydrogen-bond donors (Lipinski definition) is 0. The van der Waals surface area contributed by atoms with Gasteiger partial charge in [0.15, 0.2) is 0 Å². The quantitative estimate of drug-likeness (QED) is 0.758. The summed E-state index contributed by atoms with van der Waals surface area (Å²) in [6, 6.07) is 8.62.